The van der Waals surface area contributed by atoms with Crippen molar-refractivity contribution in [1.82, 2.24) is 10.6 Å². The summed E-state index contributed by atoms with van der Waals surface area (Å²) in [4.78, 5) is 43.8. The predicted molar refractivity (Wildman–Crippen MR) is 222 cm³/mol. The van der Waals surface area contributed by atoms with Crippen molar-refractivity contribution in [2.75, 3.05) is 19.8 Å². The van der Waals surface area contributed by atoms with E-state index in [2.05, 4.69) is 53.7 Å². The van der Waals surface area contributed by atoms with Gasteiger partial charge in [-0.3, -0.25) is 9.59 Å². The Morgan fingerprint density at radius 1 is 0.967 bits per heavy atom. The van der Waals surface area contributed by atoms with Gasteiger partial charge in [0.1, 0.15) is 24.1 Å². The molecule has 1 aromatic heterocycles. The first-order valence-corrected chi connectivity index (χ1v) is 23.4. The summed E-state index contributed by atoms with van der Waals surface area (Å²) in [5, 5.41) is 20.4. The molecule has 11 heteroatoms. The molecule has 2 aromatic rings. The maximum absolute atomic E-state index is 15.7. The molecule has 11 rings (SSSR count). The van der Waals surface area contributed by atoms with Gasteiger partial charge in [-0.25, -0.2) is 4.79 Å². The Kier molecular flexibility index (Phi) is 9.40. The molecule has 9 aliphatic rings. The number of epoxide rings is 1. The van der Waals surface area contributed by atoms with E-state index in [0.29, 0.717) is 31.7 Å². The van der Waals surface area contributed by atoms with Gasteiger partial charge in [0.15, 0.2) is 17.5 Å². The second-order valence-electron chi connectivity index (χ2n) is 21.1. The topological polar surface area (TPSA) is 149 Å². The average molecular weight is 835 g/mol. The molecule has 0 radical (unpaired) electrons. The lowest BCUT2D eigenvalue weighted by Gasteiger charge is -2.71. The van der Waals surface area contributed by atoms with Crippen molar-refractivity contribution in [2.45, 2.75) is 152 Å². The van der Waals surface area contributed by atoms with Crippen LogP contribution in [0, 0.1) is 57.7 Å². The van der Waals surface area contributed by atoms with Gasteiger partial charge in [-0.15, -0.1) is 0 Å². The van der Waals surface area contributed by atoms with Crippen molar-refractivity contribution in [2.24, 2.45) is 45.8 Å². The summed E-state index contributed by atoms with van der Waals surface area (Å²) in [5.74, 6) is 5.82. The van der Waals surface area contributed by atoms with Crippen LogP contribution >= 0.6 is 0 Å². The minimum absolute atomic E-state index is 0.0268. The summed E-state index contributed by atoms with van der Waals surface area (Å²) in [6, 6.07) is 13.1. The van der Waals surface area contributed by atoms with Gasteiger partial charge >= 0.3 is 11.9 Å². The SMILES string of the molecule is CC1(C)O[C@H]2CC(=O)OC[C@@]23[C@@H]1C(=O)[C@@H](O)[C@]12[C@@H]3CC[C@]3(C)[C@@]14O[C@@H]4C(=O)O[C@]3(c1ccoc1CCCCCC[C@@H]1CNCN1)CC#C[C@@H]1CC[C@H](Cc3ccccc3)C[C@@H]12. The minimum Gasteiger partial charge on any atom is -0.469 e. The highest BCUT2D eigenvalue weighted by Crippen LogP contribution is 2.84. The van der Waals surface area contributed by atoms with Gasteiger partial charge in [0.2, 0.25) is 0 Å². The third-order valence-corrected chi connectivity index (χ3v) is 18.1. The van der Waals surface area contributed by atoms with Gasteiger partial charge in [-0.05, 0) is 94.6 Å². The Morgan fingerprint density at radius 2 is 1.80 bits per heavy atom. The van der Waals surface area contributed by atoms with E-state index < -0.39 is 63.2 Å². The zero-order valence-electron chi connectivity index (χ0n) is 36.0. The molecule has 5 saturated heterocycles. The number of benzene rings is 1. The number of carbonyl (C=O) groups excluding carboxylic acids is 3. The molecule has 6 heterocycles. The number of furan rings is 1. The van der Waals surface area contributed by atoms with Crippen LogP contribution in [0.2, 0.25) is 0 Å². The normalized spacial score (nSPS) is 44.9. The van der Waals surface area contributed by atoms with Crippen LogP contribution in [0.25, 0.3) is 0 Å². The Labute approximate surface area is 359 Å². The number of fused-ring (bicyclic) bond motifs is 1. The number of aliphatic hydroxyl groups excluding tert-OH is 1. The van der Waals surface area contributed by atoms with E-state index in [1.54, 1.807) is 6.26 Å². The van der Waals surface area contributed by atoms with Crippen molar-refractivity contribution in [3.8, 4) is 11.8 Å². The smallest absolute Gasteiger partial charge is 0.339 e. The van der Waals surface area contributed by atoms with E-state index in [9.17, 15) is 14.7 Å². The number of carbonyl (C=O) groups is 3. The number of aryl methyl sites for hydroxylation is 1. The number of ether oxygens (including phenoxy) is 4. The number of hydrogen-bond donors (Lipinski definition) is 3. The lowest BCUT2D eigenvalue weighted by Crippen LogP contribution is -2.81. The third kappa shape index (κ3) is 5.38. The van der Waals surface area contributed by atoms with E-state index >= 15 is 4.79 Å². The number of Topliss-reactive ketones (excluding diaryl/α,β-unsaturated/α-hetero) is 1. The lowest BCUT2D eigenvalue weighted by atomic mass is 9.31. The minimum atomic E-state index is -1.47. The van der Waals surface area contributed by atoms with E-state index in [4.69, 9.17) is 23.4 Å². The van der Waals surface area contributed by atoms with Crippen LogP contribution in [0.1, 0.15) is 115 Å². The van der Waals surface area contributed by atoms with Gasteiger partial charge < -0.3 is 39.1 Å². The number of ketones is 1. The molecule has 0 amide bonds. The Balaban J connectivity index is 1.05. The molecule has 5 aliphatic heterocycles. The highest BCUT2D eigenvalue weighted by atomic mass is 16.7. The highest BCUT2D eigenvalue weighted by molar-refractivity contribution is 5.92. The molecule has 14 atom stereocenters. The molecule has 326 valence electrons. The molecule has 61 heavy (non-hydrogen) atoms. The molecule has 0 unspecified atom stereocenters. The van der Waals surface area contributed by atoms with Gasteiger partial charge in [0, 0.05) is 53.4 Å². The summed E-state index contributed by atoms with van der Waals surface area (Å²) in [5.41, 5.74) is -4.51. The fraction of sp³-hybridized carbons (Fsp3) is 0.700. The first kappa shape index (κ1) is 40.3. The van der Waals surface area contributed by atoms with Crippen LogP contribution in [-0.4, -0.2) is 78.2 Å². The van der Waals surface area contributed by atoms with Crippen LogP contribution in [-0.2, 0) is 51.8 Å². The maximum Gasteiger partial charge on any atom is 0.339 e. The average Bonchev–Trinajstić information content (AvgIpc) is 3.48. The quantitative estimate of drug-likeness (QED) is 0.113. The van der Waals surface area contributed by atoms with Gasteiger partial charge in [-0.2, -0.15) is 0 Å². The van der Waals surface area contributed by atoms with Crippen LogP contribution < -0.4 is 10.6 Å². The second kappa shape index (κ2) is 14.2. The number of hydrogen-bond acceptors (Lipinski definition) is 11. The maximum atomic E-state index is 15.7. The molecule has 3 N–H and O–H groups in total. The summed E-state index contributed by atoms with van der Waals surface area (Å²) in [6.07, 6.45) is 9.61. The summed E-state index contributed by atoms with van der Waals surface area (Å²) in [7, 11) is 0. The molecular formula is C50H62N2O9. The molecular weight excluding hydrogens is 773 g/mol. The molecule has 11 nitrogen and oxygen atoms in total. The van der Waals surface area contributed by atoms with E-state index in [1.165, 1.54) is 5.56 Å². The van der Waals surface area contributed by atoms with Gasteiger partial charge in [-0.1, -0.05) is 68.4 Å². The van der Waals surface area contributed by atoms with Crippen LogP contribution in [0.4, 0.5) is 0 Å². The van der Waals surface area contributed by atoms with Crippen molar-refractivity contribution >= 4 is 17.7 Å². The fourth-order valence-corrected chi connectivity index (χ4v) is 15.9. The molecule has 1 aromatic carbocycles. The predicted octanol–water partition coefficient (Wildman–Crippen LogP) is 5.94. The summed E-state index contributed by atoms with van der Waals surface area (Å²) < 4.78 is 33.4. The van der Waals surface area contributed by atoms with Crippen LogP contribution in [0.3, 0.4) is 0 Å². The van der Waals surface area contributed by atoms with E-state index in [-0.39, 0.29) is 54.9 Å². The first-order valence-electron chi connectivity index (χ1n) is 23.4. The second-order valence-corrected chi connectivity index (χ2v) is 21.1. The number of rotatable bonds is 10. The van der Waals surface area contributed by atoms with Crippen molar-refractivity contribution in [1.29, 1.82) is 0 Å². The standard InChI is InChI=1S/C50H62N2O9/c1-45(2)41-40(54)42(55)49-35-25-31(24-30-12-7-6-8-13-30)17-18-32(35)14-11-21-48(34-20-23-57-36(34)16-10-5-4-9-15-33-27-51-29-52-33)46(3,50(49)43(60-50)44(56)61-48)22-19-37(49)47(41)28-58-39(53)26-38(47)59-45/h6-8,12-13,20,23,31-33,35,37-38,41-43,51-52,55H,4-5,9-10,15-19,21-22,24-29H2,1-3H3/t31-,32-,33-,35+,37-,38+,41-,42-,43-,46+,47+,48+,49+,50-/m1/s1. The number of aliphatic hydroxyl groups is 1. The molecule has 3 saturated carbocycles. The van der Waals surface area contributed by atoms with Gasteiger partial charge in [0.05, 0.1) is 36.7 Å². The Morgan fingerprint density at radius 3 is 2.62 bits per heavy atom. The van der Waals surface area contributed by atoms with Crippen LogP contribution in [0.15, 0.2) is 47.1 Å². The van der Waals surface area contributed by atoms with E-state index in [1.807, 2.05) is 26.0 Å². The lowest BCUT2D eigenvalue weighted by molar-refractivity contribution is -0.295. The third-order valence-electron chi connectivity index (χ3n) is 18.1. The van der Waals surface area contributed by atoms with Crippen molar-refractivity contribution in [3.05, 3.63) is 59.5 Å². The fourth-order valence-electron chi connectivity index (χ4n) is 15.9. The number of cyclic esters (lactones) is 1. The van der Waals surface area contributed by atoms with Crippen LogP contribution in [0.5, 0.6) is 0 Å². The molecule has 4 aliphatic carbocycles. The summed E-state index contributed by atoms with van der Waals surface area (Å²) in [6.45, 7) is 7.97. The monoisotopic (exact) mass is 834 g/mol. The number of unbranched alkanes of at least 4 members (excludes halogenated alkanes) is 3. The zero-order valence-corrected chi connectivity index (χ0v) is 36.0. The Hall–Kier alpha value is -3.53. The highest BCUT2D eigenvalue weighted by Gasteiger charge is 2.95. The van der Waals surface area contributed by atoms with Crippen molar-refractivity contribution in [3.63, 3.8) is 0 Å². The number of esters is 2. The molecule has 8 fully saturated rings. The zero-order chi connectivity index (χ0) is 42.0. The largest absolute Gasteiger partial charge is 0.469 e. The first-order chi connectivity index (χ1) is 29.4. The molecule has 4 bridgehead atoms. The summed E-state index contributed by atoms with van der Waals surface area (Å²) >= 11 is 0. The number of nitrogens with one attached hydrogen (secondary N) is 2. The molecule has 3 spiro atoms. The van der Waals surface area contributed by atoms with Crippen molar-refractivity contribution < 1.29 is 42.9 Å². The van der Waals surface area contributed by atoms with Gasteiger partial charge in [0.25, 0.3) is 0 Å². The van der Waals surface area contributed by atoms with E-state index in [0.717, 1.165) is 75.9 Å². The Bertz CT molecular complexity index is 2150.